The van der Waals surface area contributed by atoms with Gasteiger partial charge in [-0.05, 0) is 41.1 Å². The SMILES string of the molecule is COc1ccc(N2C(=O)/C(=C\c3c(OC)ccc4ccccc34)SC2=S)cc1Cl. The van der Waals surface area contributed by atoms with Gasteiger partial charge in [0.25, 0.3) is 5.91 Å². The number of thioether (sulfide) groups is 1. The minimum absolute atomic E-state index is 0.198. The largest absolute Gasteiger partial charge is 0.496 e. The second-order valence-electron chi connectivity index (χ2n) is 6.24. The summed E-state index contributed by atoms with van der Waals surface area (Å²) < 4.78 is 11.2. The van der Waals surface area contributed by atoms with E-state index in [1.165, 1.54) is 16.7 Å². The van der Waals surface area contributed by atoms with Crippen molar-refractivity contribution in [1.82, 2.24) is 0 Å². The van der Waals surface area contributed by atoms with Crippen LogP contribution in [0, 0.1) is 0 Å². The number of amides is 1. The maximum absolute atomic E-state index is 13.2. The van der Waals surface area contributed by atoms with Gasteiger partial charge >= 0.3 is 0 Å². The molecular formula is C22H16ClNO3S2. The molecule has 0 bridgehead atoms. The van der Waals surface area contributed by atoms with Crippen LogP contribution in [0.1, 0.15) is 5.56 Å². The molecule has 0 radical (unpaired) electrons. The van der Waals surface area contributed by atoms with Crippen molar-refractivity contribution in [2.75, 3.05) is 19.1 Å². The molecule has 1 amide bonds. The van der Waals surface area contributed by atoms with Crippen LogP contribution in [0.2, 0.25) is 5.02 Å². The van der Waals surface area contributed by atoms with Crippen LogP contribution in [0.5, 0.6) is 11.5 Å². The van der Waals surface area contributed by atoms with Crippen molar-refractivity contribution >= 4 is 68.3 Å². The topological polar surface area (TPSA) is 38.8 Å². The number of halogens is 1. The zero-order valence-corrected chi connectivity index (χ0v) is 18.0. The van der Waals surface area contributed by atoms with E-state index < -0.39 is 0 Å². The second kappa shape index (κ2) is 8.06. The van der Waals surface area contributed by atoms with E-state index in [1.54, 1.807) is 32.4 Å². The van der Waals surface area contributed by atoms with E-state index in [2.05, 4.69) is 0 Å². The van der Waals surface area contributed by atoms with Crippen LogP contribution in [0.4, 0.5) is 5.69 Å². The van der Waals surface area contributed by atoms with Gasteiger partial charge < -0.3 is 9.47 Å². The van der Waals surface area contributed by atoms with Crippen molar-refractivity contribution in [3.8, 4) is 11.5 Å². The Morgan fingerprint density at radius 3 is 2.48 bits per heavy atom. The summed E-state index contributed by atoms with van der Waals surface area (Å²) in [5.41, 5.74) is 1.45. The maximum atomic E-state index is 13.2. The molecule has 0 unspecified atom stereocenters. The lowest BCUT2D eigenvalue weighted by atomic mass is 10.0. The fourth-order valence-corrected chi connectivity index (χ4v) is 4.75. The molecule has 3 aromatic carbocycles. The molecule has 0 atom stereocenters. The summed E-state index contributed by atoms with van der Waals surface area (Å²) in [7, 11) is 3.16. The van der Waals surface area contributed by atoms with Crippen LogP contribution >= 0.6 is 35.6 Å². The van der Waals surface area contributed by atoms with Crippen LogP contribution in [0.3, 0.4) is 0 Å². The second-order valence-corrected chi connectivity index (χ2v) is 8.32. The molecule has 7 heteroatoms. The fourth-order valence-electron chi connectivity index (χ4n) is 3.22. The van der Waals surface area contributed by atoms with E-state index >= 15 is 0 Å². The molecule has 3 aromatic rings. The van der Waals surface area contributed by atoms with Crippen LogP contribution in [0.15, 0.2) is 59.5 Å². The van der Waals surface area contributed by atoms with Crippen molar-refractivity contribution in [1.29, 1.82) is 0 Å². The van der Waals surface area contributed by atoms with Crippen molar-refractivity contribution in [2.45, 2.75) is 0 Å². The molecule has 4 nitrogen and oxygen atoms in total. The lowest BCUT2D eigenvalue weighted by molar-refractivity contribution is -0.113. The first-order valence-electron chi connectivity index (χ1n) is 8.70. The highest BCUT2D eigenvalue weighted by molar-refractivity contribution is 8.27. The van der Waals surface area contributed by atoms with Gasteiger partial charge in [-0.3, -0.25) is 9.69 Å². The summed E-state index contributed by atoms with van der Waals surface area (Å²) >= 11 is 13.0. The number of anilines is 1. The number of methoxy groups -OCH3 is 2. The molecule has 0 aromatic heterocycles. The molecule has 4 rings (SSSR count). The summed E-state index contributed by atoms with van der Waals surface area (Å²) in [6, 6.07) is 17.0. The van der Waals surface area contributed by atoms with Gasteiger partial charge in [0.1, 0.15) is 11.5 Å². The van der Waals surface area contributed by atoms with E-state index in [0.717, 1.165) is 16.3 Å². The molecule has 29 heavy (non-hydrogen) atoms. The quantitative estimate of drug-likeness (QED) is 0.371. The van der Waals surface area contributed by atoms with Crippen molar-refractivity contribution < 1.29 is 14.3 Å². The molecule has 0 saturated carbocycles. The summed E-state index contributed by atoms with van der Waals surface area (Å²) in [6.07, 6.45) is 1.84. The van der Waals surface area contributed by atoms with E-state index in [1.807, 2.05) is 42.5 Å². The average Bonchev–Trinajstić information content (AvgIpc) is 3.01. The number of hydrogen-bond donors (Lipinski definition) is 0. The third kappa shape index (κ3) is 3.59. The zero-order chi connectivity index (χ0) is 20.5. The molecular weight excluding hydrogens is 426 g/mol. The summed E-state index contributed by atoms with van der Waals surface area (Å²) in [5.74, 6) is 1.04. The van der Waals surface area contributed by atoms with Crippen LogP contribution in [0.25, 0.3) is 16.8 Å². The normalized spacial score (nSPS) is 15.4. The molecule has 1 saturated heterocycles. The molecule has 1 heterocycles. The van der Waals surface area contributed by atoms with Crippen molar-refractivity contribution in [3.63, 3.8) is 0 Å². The van der Waals surface area contributed by atoms with Gasteiger partial charge in [-0.15, -0.1) is 0 Å². The molecule has 1 aliphatic rings. The number of thiocarbonyl (C=S) groups is 1. The Labute approximate surface area is 183 Å². The Bertz CT molecular complexity index is 1180. The third-order valence-electron chi connectivity index (χ3n) is 4.61. The molecule has 146 valence electrons. The number of carbonyl (C=O) groups excluding carboxylic acids is 1. The van der Waals surface area contributed by atoms with Crippen molar-refractivity contribution in [3.05, 3.63) is 70.1 Å². The smallest absolute Gasteiger partial charge is 0.270 e. The Hall–Kier alpha value is -2.54. The highest BCUT2D eigenvalue weighted by atomic mass is 35.5. The third-order valence-corrected chi connectivity index (χ3v) is 6.21. The Kier molecular flexibility index (Phi) is 5.50. The van der Waals surface area contributed by atoms with Gasteiger partial charge in [-0.25, -0.2) is 0 Å². The van der Waals surface area contributed by atoms with Gasteiger partial charge in [0, 0.05) is 5.56 Å². The van der Waals surface area contributed by atoms with Gasteiger partial charge in [0.05, 0.1) is 29.8 Å². The maximum Gasteiger partial charge on any atom is 0.270 e. The van der Waals surface area contributed by atoms with Crippen LogP contribution < -0.4 is 14.4 Å². The molecule has 1 aliphatic heterocycles. The number of carbonyl (C=O) groups is 1. The van der Waals surface area contributed by atoms with Crippen LogP contribution in [-0.4, -0.2) is 24.4 Å². The molecule has 0 aliphatic carbocycles. The number of rotatable bonds is 4. The Morgan fingerprint density at radius 1 is 1.03 bits per heavy atom. The lowest BCUT2D eigenvalue weighted by Crippen LogP contribution is -2.27. The minimum atomic E-state index is -0.198. The predicted octanol–water partition coefficient (Wildman–Crippen LogP) is 5.92. The first-order chi connectivity index (χ1) is 14.0. The van der Waals surface area contributed by atoms with Crippen LogP contribution in [-0.2, 0) is 4.79 Å². The first-order valence-corrected chi connectivity index (χ1v) is 10.3. The predicted molar refractivity (Wildman–Crippen MR) is 124 cm³/mol. The zero-order valence-electron chi connectivity index (χ0n) is 15.6. The Balaban J connectivity index is 1.77. The van der Waals surface area contributed by atoms with E-state index in [0.29, 0.717) is 31.4 Å². The highest BCUT2D eigenvalue weighted by Gasteiger charge is 2.34. The number of nitrogens with zero attached hydrogens (tertiary/aromatic N) is 1. The van der Waals surface area contributed by atoms with Gasteiger partial charge in [-0.2, -0.15) is 0 Å². The number of ether oxygens (including phenoxy) is 2. The molecule has 0 spiro atoms. The van der Waals surface area contributed by atoms with E-state index in [4.69, 9.17) is 33.3 Å². The van der Waals surface area contributed by atoms with Gasteiger partial charge in [-0.1, -0.05) is 65.9 Å². The monoisotopic (exact) mass is 441 g/mol. The minimum Gasteiger partial charge on any atom is -0.496 e. The summed E-state index contributed by atoms with van der Waals surface area (Å²) in [4.78, 5) is 15.2. The summed E-state index contributed by atoms with van der Waals surface area (Å²) in [5, 5.41) is 2.49. The summed E-state index contributed by atoms with van der Waals surface area (Å²) in [6.45, 7) is 0. The standard InChI is InChI=1S/C22H16ClNO3S2/c1-26-18-9-7-13-5-3-4-6-15(13)16(18)12-20-21(25)24(22(28)29-20)14-8-10-19(27-2)17(23)11-14/h3-12H,1-2H3/b20-12+. The lowest BCUT2D eigenvalue weighted by Gasteiger charge is -2.15. The number of hydrogen-bond acceptors (Lipinski definition) is 5. The van der Waals surface area contributed by atoms with Crippen molar-refractivity contribution in [2.24, 2.45) is 0 Å². The first kappa shape index (κ1) is 19.8. The average molecular weight is 442 g/mol. The van der Waals surface area contributed by atoms with Gasteiger partial charge in [0.2, 0.25) is 0 Å². The fraction of sp³-hybridized carbons (Fsp3) is 0.0909. The molecule has 1 fully saturated rings. The van der Waals surface area contributed by atoms with E-state index in [9.17, 15) is 4.79 Å². The Morgan fingerprint density at radius 2 is 1.76 bits per heavy atom. The highest BCUT2D eigenvalue weighted by Crippen LogP contribution is 2.40. The molecule has 0 N–H and O–H groups in total. The van der Waals surface area contributed by atoms with Gasteiger partial charge in [0.15, 0.2) is 4.32 Å². The number of benzene rings is 3. The van der Waals surface area contributed by atoms with E-state index in [-0.39, 0.29) is 5.91 Å². The number of fused-ring (bicyclic) bond motifs is 1.